The first-order valence-electron chi connectivity index (χ1n) is 8.86. The number of pyridine rings is 1. The smallest absolute Gasteiger partial charge is 0.253 e. The molecule has 134 valence electrons. The zero-order chi connectivity index (χ0) is 18.1. The van der Waals surface area contributed by atoms with Crippen LogP contribution in [0.4, 0.5) is 5.69 Å². The van der Waals surface area contributed by atoms with Crippen LogP contribution in [0, 0.1) is 0 Å². The first kappa shape index (κ1) is 16.7. The first-order chi connectivity index (χ1) is 12.6. The predicted octanol–water partition coefficient (Wildman–Crippen LogP) is 2.86. The van der Waals surface area contributed by atoms with Crippen molar-refractivity contribution in [3.8, 4) is 5.75 Å². The molecule has 1 atom stereocenters. The number of hydrogen-bond donors (Lipinski definition) is 1. The summed E-state index contributed by atoms with van der Waals surface area (Å²) in [7, 11) is 4.09. The molecule has 4 rings (SSSR count). The molecule has 0 aliphatic carbocycles. The maximum Gasteiger partial charge on any atom is 0.253 e. The fourth-order valence-electron chi connectivity index (χ4n) is 3.55. The van der Waals surface area contributed by atoms with Crippen LogP contribution in [0.5, 0.6) is 5.75 Å². The van der Waals surface area contributed by atoms with Crippen molar-refractivity contribution in [1.82, 2.24) is 9.88 Å². The maximum absolute atomic E-state index is 12.6. The van der Waals surface area contributed by atoms with E-state index in [-0.39, 0.29) is 11.7 Å². The van der Waals surface area contributed by atoms with Crippen LogP contribution in [0.15, 0.2) is 59.4 Å². The lowest BCUT2D eigenvalue weighted by molar-refractivity contribution is 0.154. The largest absolute Gasteiger partial charge is 0.485 e. The van der Waals surface area contributed by atoms with E-state index in [1.54, 1.807) is 0 Å². The summed E-state index contributed by atoms with van der Waals surface area (Å²) in [5, 5.41) is 1.05. The zero-order valence-corrected chi connectivity index (χ0v) is 15.1. The molecule has 1 aliphatic heterocycles. The summed E-state index contributed by atoms with van der Waals surface area (Å²) in [5.74, 6) is 0.878. The van der Waals surface area contributed by atoms with E-state index in [0.717, 1.165) is 41.0 Å². The molecule has 1 aromatic heterocycles. The van der Waals surface area contributed by atoms with Crippen molar-refractivity contribution in [3.05, 3.63) is 70.5 Å². The lowest BCUT2D eigenvalue weighted by atomic mass is 10.1. The van der Waals surface area contributed by atoms with Gasteiger partial charge in [-0.1, -0.05) is 30.3 Å². The average Bonchev–Trinajstić information content (AvgIpc) is 2.62. The van der Waals surface area contributed by atoms with Crippen molar-refractivity contribution in [1.29, 1.82) is 0 Å². The predicted molar refractivity (Wildman–Crippen MR) is 105 cm³/mol. The number of rotatable bonds is 4. The number of aromatic amines is 1. The van der Waals surface area contributed by atoms with Gasteiger partial charge in [-0.15, -0.1) is 0 Å². The van der Waals surface area contributed by atoms with Crippen molar-refractivity contribution in [2.45, 2.75) is 12.6 Å². The van der Waals surface area contributed by atoms with Crippen LogP contribution >= 0.6 is 0 Å². The van der Waals surface area contributed by atoms with E-state index < -0.39 is 0 Å². The summed E-state index contributed by atoms with van der Waals surface area (Å²) in [5.41, 5.74) is 2.64. The number of nitrogens with one attached hydrogen (secondary N) is 1. The molecule has 5 nitrogen and oxygen atoms in total. The number of likely N-dealkylation sites (N-methyl/N-ethyl adjacent to an activating group) is 1. The summed E-state index contributed by atoms with van der Waals surface area (Å²) >= 11 is 0. The molecule has 2 aromatic carbocycles. The Morgan fingerprint density at radius 1 is 1.15 bits per heavy atom. The van der Waals surface area contributed by atoms with Gasteiger partial charge in [0.25, 0.3) is 5.56 Å². The topological polar surface area (TPSA) is 48.6 Å². The van der Waals surface area contributed by atoms with E-state index in [1.165, 1.54) is 0 Å². The Kier molecular flexibility index (Phi) is 4.39. The third-order valence-corrected chi connectivity index (χ3v) is 4.68. The summed E-state index contributed by atoms with van der Waals surface area (Å²) < 4.78 is 6.14. The van der Waals surface area contributed by atoms with Crippen molar-refractivity contribution in [2.24, 2.45) is 0 Å². The third-order valence-electron chi connectivity index (χ3n) is 4.68. The number of para-hydroxylation sites is 3. The van der Waals surface area contributed by atoms with Crippen molar-refractivity contribution >= 4 is 16.6 Å². The van der Waals surface area contributed by atoms with E-state index in [4.69, 9.17) is 4.74 Å². The number of ether oxygens (including phenoxy) is 1. The van der Waals surface area contributed by atoms with E-state index in [2.05, 4.69) is 20.9 Å². The molecule has 0 amide bonds. The van der Waals surface area contributed by atoms with Gasteiger partial charge in [0.2, 0.25) is 0 Å². The Hall–Kier alpha value is -2.79. The van der Waals surface area contributed by atoms with Crippen LogP contribution < -0.4 is 15.2 Å². The number of hydrogen-bond acceptors (Lipinski definition) is 4. The molecule has 0 spiro atoms. The summed E-state index contributed by atoms with van der Waals surface area (Å²) in [6, 6.07) is 17.9. The Balaban J connectivity index is 1.68. The zero-order valence-electron chi connectivity index (χ0n) is 15.1. The third kappa shape index (κ3) is 3.30. The lowest BCUT2D eigenvalue weighted by Crippen LogP contribution is -2.45. The molecule has 0 fully saturated rings. The van der Waals surface area contributed by atoms with Crippen LogP contribution in [0.2, 0.25) is 0 Å². The fraction of sp³-hybridized carbons (Fsp3) is 0.286. The second kappa shape index (κ2) is 6.84. The van der Waals surface area contributed by atoms with Gasteiger partial charge in [0.05, 0.1) is 12.2 Å². The lowest BCUT2D eigenvalue weighted by Gasteiger charge is -2.37. The standard InChI is InChI=1S/C21H23N3O2/c1-23(2)13-17-14-24(19-9-5-6-10-20(19)26-17)12-16-11-15-7-3-4-8-18(15)22-21(16)25/h3-11,17H,12-14H2,1-2H3,(H,22,25). The summed E-state index contributed by atoms with van der Waals surface area (Å²) in [6.45, 7) is 2.14. The van der Waals surface area contributed by atoms with Gasteiger partial charge in [-0.3, -0.25) is 4.79 Å². The van der Waals surface area contributed by atoms with E-state index in [1.807, 2.05) is 62.6 Å². The first-order valence-corrected chi connectivity index (χ1v) is 8.86. The van der Waals surface area contributed by atoms with Gasteiger partial charge < -0.3 is 19.5 Å². The molecule has 2 heterocycles. The number of H-pyrrole nitrogens is 1. The van der Waals surface area contributed by atoms with E-state index in [9.17, 15) is 4.79 Å². The molecule has 0 saturated carbocycles. The molecule has 0 bridgehead atoms. The Bertz CT molecular complexity index is 980. The van der Waals surface area contributed by atoms with Gasteiger partial charge >= 0.3 is 0 Å². The molecule has 0 saturated heterocycles. The molecule has 1 unspecified atom stereocenters. The molecule has 5 heteroatoms. The molecule has 26 heavy (non-hydrogen) atoms. The highest BCUT2D eigenvalue weighted by atomic mass is 16.5. The normalized spacial score (nSPS) is 16.6. The number of anilines is 1. The fourth-order valence-corrected chi connectivity index (χ4v) is 3.55. The van der Waals surface area contributed by atoms with Crippen molar-refractivity contribution in [3.63, 3.8) is 0 Å². The average molecular weight is 349 g/mol. The van der Waals surface area contributed by atoms with Crippen LogP contribution in [0.1, 0.15) is 5.56 Å². The molecule has 1 N–H and O–H groups in total. The molecular formula is C21H23N3O2. The van der Waals surface area contributed by atoms with E-state index >= 15 is 0 Å². The highest BCUT2D eigenvalue weighted by molar-refractivity contribution is 5.78. The van der Waals surface area contributed by atoms with Crippen LogP contribution in [0.25, 0.3) is 10.9 Å². The Labute approximate surface area is 152 Å². The van der Waals surface area contributed by atoms with Gasteiger partial charge in [-0.2, -0.15) is 0 Å². The monoisotopic (exact) mass is 349 g/mol. The van der Waals surface area contributed by atoms with Crippen molar-refractivity contribution in [2.75, 3.05) is 32.1 Å². The minimum Gasteiger partial charge on any atom is -0.485 e. The van der Waals surface area contributed by atoms with Crippen LogP contribution in [-0.2, 0) is 6.54 Å². The molecule has 0 radical (unpaired) electrons. The van der Waals surface area contributed by atoms with Gasteiger partial charge in [-0.25, -0.2) is 0 Å². The number of nitrogens with zero attached hydrogens (tertiary/aromatic N) is 2. The summed E-state index contributed by atoms with van der Waals surface area (Å²) in [6.07, 6.45) is 0.0689. The number of aromatic nitrogens is 1. The highest BCUT2D eigenvalue weighted by Crippen LogP contribution is 2.34. The van der Waals surface area contributed by atoms with Gasteiger partial charge in [0.15, 0.2) is 0 Å². The highest BCUT2D eigenvalue weighted by Gasteiger charge is 2.26. The molecular weight excluding hydrogens is 326 g/mol. The van der Waals surface area contributed by atoms with Crippen LogP contribution in [0.3, 0.4) is 0 Å². The Morgan fingerprint density at radius 3 is 2.77 bits per heavy atom. The number of fused-ring (bicyclic) bond motifs is 2. The van der Waals surface area contributed by atoms with Gasteiger partial charge in [0, 0.05) is 24.2 Å². The second-order valence-electron chi connectivity index (χ2n) is 7.06. The van der Waals surface area contributed by atoms with Crippen molar-refractivity contribution < 1.29 is 4.74 Å². The summed E-state index contributed by atoms with van der Waals surface area (Å²) in [4.78, 5) is 19.9. The minimum absolute atomic E-state index is 0.0307. The second-order valence-corrected chi connectivity index (χ2v) is 7.06. The molecule has 3 aromatic rings. The number of benzene rings is 2. The van der Waals surface area contributed by atoms with E-state index in [0.29, 0.717) is 6.54 Å². The van der Waals surface area contributed by atoms with Crippen LogP contribution in [-0.4, -0.2) is 43.2 Å². The Morgan fingerprint density at radius 2 is 1.92 bits per heavy atom. The van der Waals surface area contributed by atoms with Gasteiger partial charge in [0.1, 0.15) is 11.9 Å². The maximum atomic E-state index is 12.6. The SMILES string of the molecule is CN(C)CC1CN(Cc2cc3ccccc3[nH]c2=O)c2ccccc2O1. The minimum atomic E-state index is -0.0307. The quantitative estimate of drug-likeness (QED) is 0.787. The van der Waals surface area contributed by atoms with Gasteiger partial charge in [-0.05, 0) is 43.7 Å². The molecule has 1 aliphatic rings.